The Bertz CT molecular complexity index is 808. The summed E-state index contributed by atoms with van der Waals surface area (Å²) in [5, 5.41) is 16.0. The van der Waals surface area contributed by atoms with Crippen molar-refractivity contribution in [3.05, 3.63) is 53.6 Å². The molecule has 144 valence electrons. The number of halogens is 1. The molecule has 3 rings (SSSR count). The van der Waals surface area contributed by atoms with Gasteiger partial charge in [-0.25, -0.2) is 9.18 Å². The van der Waals surface area contributed by atoms with Gasteiger partial charge in [0, 0.05) is 31.7 Å². The minimum absolute atomic E-state index is 0.0890. The zero-order valence-corrected chi connectivity index (χ0v) is 15.0. The maximum atomic E-state index is 13.6. The van der Waals surface area contributed by atoms with E-state index >= 15 is 0 Å². The SMILES string of the molecule is O=C(O)Cn1ccc([C@@H]2CCCN(C(=O)NCCc3ccccc3F)C2)n1. The maximum Gasteiger partial charge on any atom is 0.325 e. The topological polar surface area (TPSA) is 87.5 Å². The van der Waals surface area contributed by atoms with Crippen LogP contribution < -0.4 is 5.32 Å². The van der Waals surface area contributed by atoms with Gasteiger partial charge in [0.2, 0.25) is 0 Å². The van der Waals surface area contributed by atoms with Crippen LogP contribution in [0.15, 0.2) is 36.5 Å². The molecule has 1 aliphatic heterocycles. The number of aromatic nitrogens is 2. The average molecular weight is 374 g/mol. The number of carbonyl (C=O) groups excluding carboxylic acids is 1. The van der Waals surface area contributed by atoms with Gasteiger partial charge in [0.1, 0.15) is 12.4 Å². The number of rotatable bonds is 6. The van der Waals surface area contributed by atoms with Gasteiger partial charge in [-0.3, -0.25) is 9.48 Å². The van der Waals surface area contributed by atoms with Crippen LogP contribution in [0.3, 0.4) is 0 Å². The van der Waals surface area contributed by atoms with E-state index in [1.807, 2.05) is 6.07 Å². The number of amides is 2. The maximum absolute atomic E-state index is 13.6. The lowest BCUT2D eigenvalue weighted by Gasteiger charge is -2.32. The molecule has 2 heterocycles. The van der Waals surface area contributed by atoms with Crippen LogP contribution in [0.5, 0.6) is 0 Å². The zero-order valence-electron chi connectivity index (χ0n) is 15.0. The van der Waals surface area contributed by atoms with E-state index in [1.165, 1.54) is 10.7 Å². The van der Waals surface area contributed by atoms with Gasteiger partial charge < -0.3 is 15.3 Å². The minimum Gasteiger partial charge on any atom is -0.480 e. The van der Waals surface area contributed by atoms with Gasteiger partial charge in [-0.15, -0.1) is 0 Å². The Hall–Kier alpha value is -2.90. The molecule has 0 saturated carbocycles. The Balaban J connectivity index is 1.51. The lowest BCUT2D eigenvalue weighted by atomic mass is 9.95. The van der Waals surface area contributed by atoms with Crippen LogP contribution in [-0.2, 0) is 17.8 Å². The number of urea groups is 1. The third-order valence-corrected chi connectivity index (χ3v) is 4.71. The lowest BCUT2D eigenvalue weighted by molar-refractivity contribution is -0.137. The van der Waals surface area contributed by atoms with Gasteiger partial charge in [-0.1, -0.05) is 18.2 Å². The summed E-state index contributed by atoms with van der Waals surface area (Å²) in [7, 11) is 0. The van der Waals surface area contributed by atoms with Crippen LogP contribution >= 0.6 is 0 Å². The van der Waals surface area contributed by atoms with Crippen molar-refractivity contribution >= 4 is 12.0 Å². The molecule has 2 amide bonds. The number of nitrogens with one attached hydrogen (secondary N) is 1. The Morgan fingerprint density at radius 1 is 1.30 bits per heavy atom. The van der Waals surface area contributed by atoms with E-state index in [4.69, 9.17) is 5.11 Å². The van der Waals surface area contributed by atoms with Crippen LogP contribution in [0.4, 0.5) is 9.18 Å². The van der Waals surface area contributed by atoms with Crippen molar-refractivity contribution in [3.63, 3.8) is 0 Å². The summed E-state index contributed by atoms with van der Waals surface area (Å²) in [6.45, 7) is 1.40. The van der Waals surface area contributed by atoms with Crippen molar-refractivity contribution in [2.24, 2.45) is 0 Å². The fourth-order valence-electron chi connectivity index (χ4n) is 3.34. The van der Waals surface area contributed by atoms with E-state index in [-0.39, 0.29) is 24.3 Å². The molecule has 8 heteroatoms. The average Bonchev–Trinajstić information content (AvgIpc) is 3.11. The number of carboxylic acids is 1. The summed E-state index contributed by atoms with van der Waals surface area (Å²) in [5.41, 5.74) is 1.39. The van der Waals surface area contributed by atoms with Crippen molar-refractivity contribution in [3.8, 4) is 0 Å². The molecular weight excluding hydrogens is 351 g/mol. The smallest absolute Gasteiger partial charge is 0.325 e. The number of hydrogen-bond donors (Lipinski definition) is 2. The van der Waals surface area contributed by atoms with Crippen molar-refractivity contribution in [1.82, 2.24) is 20.0 Å². The number of nitrogens with zero attached hydrogens (tertiary/aromatic N) is 3. The highest BCUT2D eigenvalue weighted by Gasteiger charge is 2.26. The highest BCUT2D eigenvalue weighted by Crippen LogP contribution is 2.25. The summed E-state index contributed by atoms with van der Waals surface area (Å²) >= 11 is 0. The van der Waals surface area contributed by atoms with Gasteiger partial charge in [0.25, 0.3) is 0 Å². The van der Waals surface area contributed by atoms with Gasteiger partial charge in [0.15, 0.2) is 0 Å². The first-order valence-electron chi connectivity index (χ1n) is 9.04. The molecule has 0 bridgehead atoms. The third kappa shape index (κ3) is 5.06. The standard InChI is InChI=1S/C19H23FN4O3/c20-16-6-2-1-4-14(16)7-9-21-19(27)23-10-3-5-15(12-23)17-8-11-24(22-17)13-18(25)26/h1-2,4,6,8,11,15H,3,5,7,9-10,12-13H2,(H,21,27)(H,25,26)/t15-/m1/s1. The second kappa shape index (κ2) is 8.66. The van der Waals surface area contributed by atoms with E-state index in [0.29, 0.717) is 31.6 Å². The van der Waals surface area contributed by atoms with Crippen molar-refractivity contribution in [2.45, 2.75) is 31.7 Å². The van der Waals surface area contributed by atoms with E-state index in [1.54, 1.807) is 29.3 Å². The van der Waals surface area contributed by atoms with E-state index in [0.717, 1.165) is 18.5 Å². The number of hydrogen-bond acceptors (Lipinski definition) is 3. The summed E-state index contributed by atoms with van der Waals surface area (Å²) in [6.07, 6.45) is 3.85. The molecule has 1 atom stereocenters. The molecule has 1 aliphatic rings. The van der Waals surface area contributed by atoms with Gasteiger partial charge in [-0.2, -0.15) is 5.10 Å². The fraction of sp³-hybridized carbons (Fsp3) is 0.421. The van der Waals surface area contributed by atoms with Gasteiger partial charge in [-0.05, 0) is 37.0 Å². The molecule has 0 radical (unpaired) electrons. The Kier molecular flexibility index (Phi) is 6.05. The first kappa shape index (κ1) is 18.9. The van der Waals surface area contributed by atoms with E-state index < -0.39 is 5.97 Å². The lowest BCUT2D eigenvalue weighted by Crippen LogP contribution is -2.45. The van der Waals surface area contributed by atoms with Crippen LogP contribution in [-0.4, -0.2) is 51.4 Å². The normalized spacial score (nSPS) is 16.9. The van der Waals surface area contributed by atoms with Gasteiger partial charge in [0.05, 0.1) is 5.69 Å². The number of aliphatic carboxylic acids is 1. The number of carbonyl (C=O) groups is 2. The van der Waals surface area contributed by atoms with Crippen LogP contribution in [0, 0.1) is 5.82 Å². The summed E-state index contributed by atoms with van der Waals surface area (Å²) in [6, 6.07) is 8.19. The molecule has 1 aromatic carbocycles. The molecule has 0 aliphatic carbocycles. The number of piperidine rings is 1. The molecule has 1 aromatic heterocycles. The highest BCUT2D eigenvalue weighted by atomic mass is 19.1. The zero-order chi connectivity index (χ0) is 19.2. The Morgan fingerprint density at radius 2 is 2.11 bits per heavy atom. The second-order valence-electron chi connectivity index (χ2n) is 6.69. The second-order valence-corrected chi connectivity index (χ2v) is 6.69. The predicted molar refractivity (Wildman–Crippen MR) is 96.9 cm³/mol. The largest absolute Gasteiger partial charge is 0.480 e. The molecule has 7 nitrogen and oxygen atoms in total. The van der Waals surface area contributed by atoms with Crippen LogP contribution in [0.25, 0.3) is 0 Å². The quantitative estimate of drug-likeness (QED) is 0.812. The molecular formula is C19H23FN4O3. The number of carboxylic acid groups (broad SMARTS) is 1. The highest BCUT2D eigenvalue weighted by molar-refractivity contribution is 5.74. The first-order chi connectivity index (χ1) is 13.0. The molecule has 2 N–H and O–H groups in total. The molecule has 0 spiro atoms. The van der Waals surface area contributed by atoms with Gasteiger partial charge >= 0.3 is 12.0 Å². The molecule has 0 unspecified atom stereocenters. The van der Waals surface area contributed by atoms with Crippen molar-refractivity contribution < 1.29 is 19.1 Å². The molecule has 27 heavy (non-hydrogen) atoms. The molecule has 1 saturated heterocycles. The van der Waals surface area contributed by atoms with Crippen LogP contribution in [0.2, 0.25) is 0 Å². The third-order valence-electron chi connectivity index (χ3n) is 4.71. The molecule has 2 aromatic rings. The van der Waals surface area contributed by atoms with Crippen molar-refractivity contribution in [1.29, 1.82) is 0 Å². The minimum atomic E-state index is -0.941. The van der Waals surface area contributed by atoms with Crippen LogP contribution in [0.1, 0.15) is 30.0 Å². The monoisotopic (exact) mass is 374 g/mol. The van der Waals surface area contributed by atoms with E-state index in [2.05, 4.69) is 10.4 Å². The van der Waals surface area contributed by atoms with Crippen molar-refractivity contribution in [2.75, 3.05) is 19.6 Å². The fourth-order valence-corrected chi connectivity index (χ4v) is 3.34. The predicted octanol–water partition coefficient (Wildman–Crippen LogP) is 2.24. The number of likely N-dealkylation sites (tertiary alicyclic amines) is 1. The first-order valence-corrected chi connectivity index (χ1v) is 9.04. The summed E-state index contributed by atoms with van der Waals surface area (Å²) < 4.78 is 15.0. The Morgan fingerprint density at radius 3 is 2.89 bits per heavy atom. The molecule has 1 fully saturated rings. The van der Waals surface area contributed by atoms with E-state index in [9.17, 15) is 14.0 Å². The number of benzene rings is 1. The summed E-state index contributed by atoms with van der Waals surface area (Å²) in [5.74, 6) is -1.11. The summed E-state index contributed by atoms with van der Waals surface area (Å²) in [4.78, 5) is 24.9. The Labute approximate surface area is 156 Å².